The summed E-state index contributed by atoms with van der Waals surface area (Å²) in [6.45, 7) is 0.958. The van der Waals surface area contributed by atoms with Gasteiger partial charge in [0.1, 0.15) is 5.82 Å². The number of carbonyl (C=O) groups excluding carboxylic acids is 1. The van der Waals surface area contributed by atoms with E-state index < -0.39 is 0 Å². The van der Waals surface area contributed by atoms with Gasteiger partial charge in [-0.05, 0) is 55.0 Å². The van der Waals surface area contributed by atoms with Crippen molar-refractivity contribution in [2.75, 3.05) is 23.7 Å². The van der Waals surface area contributed by atoms with Crippen LogP contribution >= 0.6 is 27.7 Å². The third-order valence-corrected chi connectivity index (χ3v) is 5.25. The Morgan fingerprint density at radius 2 is 1.88 bits per heavy atom. The van der Waals surface area contributed by atoms with Crippen molar-refractivity contribution in [3.63, 3.8) is 0 Å². The van der Waals surface area contributed by atoms with Gasteiger partial charge in [0.15, 0.2) is 11.0 Å². The highest BCUT2D eigenvalue weighted by Gasteiger charge is 2.20. The first-order valence-corrected chi connectivity index (χ1v) is 9.40. The molecular formula is C18H16BrFN2OS. The summed E-state index contributed by atoms with van der Waals surface area (Å²) in [6, 6.07) is 13.5. The lowest BCUT2D eigenvalue weighted by molar-refractivity contribution is 0.100. The molecule has 24 heavy (non-hydrogen) atoms. The maximum atomic E-state index is 13.1. The number of halogens is 2. The molecule has 0 saturated carbocycles. The van der Waals surface area contributed by atoms with Gasteiger partial charge in [-0.2, -0.15) is 0 Å². The van der Waals surface area contributed by atoms with E-state index in [1.54, 1.807) is 11.8 Å². The Kier molecular flexibility index (Phi) is 5.68. The highest BCUT2D eigenvalue weighted by Crippen LogP contribution is 2.25. The minimum Gasteiger partial charge on any atom is -0.313 e. The lowest BCUT2D eigenvalue weighted by atomic mass is 10.1. The molecule has 3 nitrogen and oxygen atoms in total. The van der Waals surface area contributed by atoms with Gasteiger partial charge in [0.05, 0.1) is 6.54 Å². The molecule has 0 spiro atoms. The van der Waals surface area contributed by atoms with Crippen molar-refractivity contribution in [3.8, 4) is 0 Å². The Morgan fingerprint density at radius 1 is 1.17 bits per heavy atom. The lowest BCUT2D eigenvalue weighted by Gasteiger charge is -2.27. The fourth-order valence-corrected chi connectivity index (χ4v) is 3.60. The summed E-state index contributed by atoms with van der Waals surface area (Å²) in [5.74, 6) is 0.590. The maximum Gasteiger partial charge on any atom is 0.182 e. The molecule has 0 aliphatic carbocycles. The Bertz CT molecular complexity index is 747. The van der Waals surface area contributed by atoms with Gasteiger partial charge in [-0.25, -0.2) is 4.39 Å². The standard InChI is InChI=1S/C18H16BrFN2OS/c19-14-4-8-16(9-5-14)22(18-21-10-1-11-24-18)12-17(23)13-2-6-15(20)7-3-13/h2-9H,1,10-12H2. The van der Waals surface area contributed by atoms with Gasteiger partial charge in [0.2, 0.25) is 0 Å². The maximum absolute atomic E-state index is 13.1. The zero-order valence-corrected chi connectivity index (χ0v) is 15.3. The molecule has 0 atom stereocenters. The van der Waals surface area contributed by atoms with E-state index in [0.29, 0.717) is 5.56 Å². The van der Waals surface area contributed by atoms with Gasteiger partial charge in [0.25, 0.3) is 0 Å². The van der Waals surface area contributed by atoms with Crippen molar-refractivity contribution in [1.82, 2.24) is 0 Å². The second-order valence-electron chi connectivity index (χ2n) is 5.36. The smallest absolute Gasteiger partial charge is 0.182 e. The molecule has 1 aliphatic heterocycles. The Hall–Kier alpha value is -1.66. The molecule has 2 aromatic carbocycles. The number of rotatable bonds is 4. The zero-order chi connectivity index (χ0) is 16.9. The number of amidine groups is 1. The number of benzene rings is 2. The van der Waals surface area contributed by atoms with Crippen LogP contribution in [-0.4, -0.2) is 29.8 Å². The molecular weight excluding hydrogens is 391 g/mol. The molecule has 0 unspecified atom stereocenters. The molecule has 0 N–H and O–H groups in total. The third-order valence-electron chi connectivity index (χ3n) is 3.62. The van der Waals surface area contributed by atoms with Crippen LogP contribution in [0.15, 0.2) is 58.0 Å². The summed E-state index contributed by atoms with van der Waals surface area (Å²) in [6.07, 6.45) is 1.05. The van der Waals surface area contributed by atoms with E-state index >= 15 is 0 Å². The second kappa shape index (κ2) is 7.94. The van der Waals surface area contributed by atoms with E-state index in [4.69, 9.17) is 0 Å². The quantitative estimate of drug-likeness (QED) is 0.685. The average Bonchev–Trinajstić information content (AvgIpc) is 2.62. The predicted molar refractivity (Wildman–Crippen MR) is 102 cm³/mol. The molecule has 0 fully saturated rings. The molecule has 0 amide bonds. The normalized spacial score (nSPS) is 14.2. The number of thioether (sulfide) groups is 1. The van der Waals surface area contributed by atoms with E-state index in [9.17, 15) is 9.18 Å². The van der Waals surface area contributed by atoms with Gasteiger partial charge < -0.3 is 4.90 Å². The summed E-state index contributed by atoms with van der Waals surface area (Å²) in [7, 11) is 0. The summed E-state index contributed by atoms with van der Waals surface area (Å²) in [5.41, 5.74) is 1.42. The van der Waals surface area contributed by atoms with Crippen LogP contribution in [-0.2, 0) is 0 Å². The number of aliphatic imine (C=N–C) groups is 1. The summed E-state index contributed by atoms with van der Waals surface area (Å²) in [4.78, 5) is 19.1. The van der Waals surface area contributed by atoms with Gasteiger partial charge in [0, 0.05) is 28.0 Å². The van der Waals surface area contributed by atoms with Crippen LogP contribution in [0.2, 0.25) is 0 Å². The minimum atomic E-state index is -0.344. The first-order chi connectivity index (χ1) is 11.6. The van der Waals surface area contributed by atoms with Crippen LogP contribution in [0.3, 0.4) is 0 Å². The van der Waals surface area contributed by atoms with E-state index in [0.717, 1.165) is 34.0 Å². The topological polar surface area (TPSA) is 32.7 Å². The number of hydrogen-bond donors (Lipinski definition) is 0. The van der Waals surface area contributed by atoms with Crippen LogP contribution in [0.4, 0.5) is 10.1 Å². The second-order valence-corrected chi connectivity index (χ2v) is 7.34. The first kappa shape index (κ1) is 17.2. The molecule has 1 aliphatic rings. The summed E-state index contributed by atoms with van der Waals surface area (Å²) < 4.78 is 14.0. The van der Waals surface area contributed by atoms with Crippen LogP contribution in [0.25, 0.3) is 0 Å². The third kappa shape index (κ3) is 4.24. The van der Waals surface area contributed by atoms with E-state index in [1.165, 1.54) is 24.3 Å². The number of carbonyl (C=O) groups is 1. The molecule has 0 radical (unpaired) electrons. The van der Waals surface area contributed by atoms with E-state index in [2.05, 4.69) is 20.9 Å². The number of hydrogen-bond acceptors (Lipinski definition) is 4. The minimum absolute atomic E-state index is 0.0632. The fraction of sp³-hybridized carbons (Fsp3) is 0.222. The predicted octanol–water partition coefficient (Wildman–Crippen LogP) is 4.77. The number of Topliss-reactive ketones (excluding diaryl/α,β-unsaturated/α-hetero) is 1. The first-order valence-electron chi connectivity index (χ1n) is 7.62. The Balaban J connectivity index is 1.86. The molecule has 0 aromatic heterocycles. The van der Waals surface area contributed by atoms with Crippen LogP contribution < -0.4 is 4.90 Å². The largest absolute Gasteiger partial charge is 0.313 e. The zero-order valence-electron chi connectivity index (χ0n) is 12.9. The molecule has 0 saturated heterocycles. The van der Waals surface area contributed by atoms with E-state index in [-0.39, 0.29) is 18.1 Å². The van der Waals surface area contributed by atoms with Crippen molar-refractivity contribution in [2.24, 2.45) is 4.99 Å². The van der Waals surface area contributed by atoms with Gasteiger partial charge >= 0.3 is 0 Å². The molecule has 124 valence electrons. The SMILES string of the molecule is O=C(CN(C1=NCCCS1)c1ccc(Br)cc1)c1ccc(F)cc1. The number of ketones is 1. The summed E-state index contributed by atoms with van der Waals surface area (Å²) >= 11 is 5.09. The van der Waals surface area contributed by atoms with Gasteiger partial charge in [-0.15, -0.1) is 0 Å². The molecule has 0 bridgehead atoms. The van der Waals surface area contributed by atoms with Gasteiger partial charge in [-0.1, -0.05) is 27.7 Å². The van der Waals surface area contributed by atoms with Crippen LogP contribution in [0, 0.1) is 5.82 Å². The molecule has 2 aromatic rings. The van der Waals surface area contributed by atoms with Crippen molar-refractivity contribution in [3.05, 3.63) is 64.4 Å². The fourth-order valence-electron chi connectivity index (χ4n) is 2.37. The highest BCUT2D eigenvalue weighted by molar-refractivity contribution is 9.10. The van der Waals surface area contributed by atoms with Crippen molar-refractivity contribution < 1.29 is 9.18 Å². The summed E-state index contributed by atoms with van der Waals surface area (Å²) in [5, 5.41) is 0.860. The lowest BCUT2D eigenvalue weighted by Crippen LogP contribution is -2.35. The molecule has 1 heterocycles. The van der Waals surface area contributed by atoms with Crippen molar-refractivity contribution in [2.45, 2.75) is 6.42 Å². The Labute approximate surface area is 153 Å². The monoisotopic (exact) mass is 406 g/mol. The van der Waals surface area contributed by atoms with Gasteiger partial charge in [-0.3, -0.25) is 9.79 Å². The highest BCUT2D eigenvalue weighted by atomic mass is 79.9. The molecule has 3 rings (SSSR count). The van der Waals surface area contributed by atoms with Crippen LogP contribution in [0.5, 0.6) is 0 Å². The van der Waals surface area contributed by atoms with E-state index in [1.807, 2.05) is 29.2 Å². The van der Waals surface area contributed by atoms with Crippen molar-refractivity contribution in [1.29, 1.82) is 0 Å². The van der Waals surface area contributed by atoms with Crippen molar-refractivity contribution >= 4 is 44.3 Å². The molecule has 6 heteroatoms. The van der Waals surface area contributed by atoms with Crippen LogP contribution in [0.1, 0.15) is 16.8 Å². The number of nitrogens with zero attached hydrogens (tertiary/aromatic N) is 2. The average molecular weight is 407 g/mol. The number of anilines is 1. The Morgan fingerprint density at radius 3 is 2.50 bits per heavy atom.